The van der Waals surface area contributed by atoms with Crippen LogP contribution < -0.4 is 0 Å². The predicted octanol–water partition coefficient (Wildman–Crippen LogP) is 3.06. The van der Waals surface area contributed by atoms with E-state index in [1.54, 1.807) is 11.1 Å². The first-order valence-electron chi connectivity index (χ1n) is 4.14. The molecule has 0 amide bonds. The molecular weight excluding hydrogens is 120 g/mol. The maximum atomic E-state index is 4.00. The van der Waals surface area contributed by atoms with E-state index in [0.29, 0.717) is 0 Å². The standard InChI is InChI=1S/C10H14/c1-7(2)10-6-8-3-4-9(10)5-8/h8H,1,3-6H2,2H3. The van der Waals surface area contributed by atoms with Crippen molar-refractivity contribution in [2.24, 2.45) is 5.92 Å². The lowest BCUT2D eigenvalue weighted by atomic mass is 9.95. The monoisotopic (exact) mass is 134 g/mol. The summed E-state index contributed by atoms with van der Waals surface area (Å²) in [5, 5.41) is 0. The average molecular weight is 134 g/mol. The van der Waals surface area contributed by atoms with Gasteiger partial charge >= 0.3 is 0 Å². The van der Waals surface area contributed by atoms with Gasteiger partial charge < -0.3 is 0 Å². The molecule has 0 saturated heterocycles. The Hall–Kier alpha value is -0.520. The zero-order valence-corrected chi connectivity index (χ0v) is 6.61. The number of allylic oxidation sites excluding steroid dienone is 3. The summed E-state index contributed by atoms with van der Waals surface area (Å²) >= 11 is 0. The minimum Gasteiger partial charge on any atom is -0.0958 e. The Morgan fingerprint density at radius 1 is 1.50 bits per heavy atom. The smallest absolute Gasteiger partial charge is 0.0245 e. The van der Waals surface area contributed by atoms with Crippen molar-refractivity contribution >= 4 is 0 Å². The molecule has 0 N–H and O–H groups in total. The van der Waals surface area contributed by atoms with E-state index in [9.17, 15) is 0 Å². The normalized spacial score (nSPS) is 29.9. The van der Waals surface area contributed by atoms with Crippen molar-refractivity contribution < 1.29 is 0 Å². The number of fused-ring (bicyclic) bond motifs is 2. The van der Waals surface area contributed by atoms with E-state index in [1.165, 1.54) is 31.3 Å². The van der Waals surface area contributed by atoms with Crippen LogP contribution in [0.1, 0.15) is 32.6 Å². The lowest BCUT2D eigenvalue weighted by Gasteiger charge is -2.10. The first-order valence-corrected chi connectivity index (χ1v) is 4.14. The van der Waals surface area contributed by atoms with Gasteiger partial charge in [-0.05, 0) is 44.1 Å². The molecule has 0 aromatic heterocycles. The second-order valence-electron chi connectivity index (χ2n) is 3.68. The Morgan fingerprint density at radius 2 is 2.30 bits per heavy atom. The van der Waals surface area contributed by atoms with Gasteiger partial charge in [0.15, 0.2) is 0 Å². The fraction of sp³-hybridized carbons (Fsp3) is 0.600. The van der Waals surface area contributed by atoms with Crippen LogP contribution in [0.25, 0.3) is 0 Å². The molecule has 0 nitrogen and oxygen atoms in total. The highest BCUT2D eigenvalue weighted by atomic mass is 14.3. The van der Waals surface area contributed by atoms with Gasteiger partial charge in [-0.25, -0.2) is 0 Å². The van der Waals surface area contributed by atoms with Gasteiger partial charge in [0.05, 0.1) is 0 Å². The van der Waals surface area contributed by atoms with Gasteiger partial charge in [-0.3, -0.25) is 0 Å². The molecule has 1 unspecified atom stereocenters. The highest BCUT2D eigenvalue weighted by Gasteiger charge is 2.29. The first kappa shape index (κ1) is 6.21. The second kappa shape index (κ2) is 1.98. The van der Waals surface area contributed by atoms with Crippen molar-refractivity contribution in [2.45, 2.75) is 32.6 Å². The molecule has 0 spiro atoms. The molecular formula is C10H14. The van der Waals surface area contributed by atoms with Crippen molar-refractivity contribution in [1.29, 1.82) is 0 Å². The molecule has 0 aromatic rings. The third-order valence-electron chi connectivity index (χ3n) is 2.82. The molecule has 0 heteroatoms. The molecule has 54 valence electrons. The largest absolute Gasteiger partial charge is 0.0958 e. The third kappa shape index (κ3) is 0.749. The molecule has 0 radical (unpaired) electrons. The average Bonchev–Trinajstić information content (AvgIpc) is 2.44. The van der Waals surface area contributed by atoms with Gasteiger partial charge in [-0.15, -0.1) is 0 Å². The van der Waals surface area contributed by atoms with Crippen LogP contribution in [-0.4, -0.2) is 0 Å². The Kier molecular flexibility index (Phi) is 1.23. The summed E-state index contributed by atoms with van der Waals surface area (Å²) in [6.07, 6.45) is 5.55. The van der Waals surface area contributed by atoms with Gasteiger partial charge in [0.1, 0.15) is 0 Å². The molecule has 0 heterocycles. The summed E-state index contributed by atoms with van der Waals surface area (Å²) < 4.78 is 0. The zero-order valence-electron chi connectivity index (χ0n) is 6.61. The lowest BCUT2D eigenvalue weighted by Crippen LogP contribution is -1.94. The first-order chi connectivity index (χ1) is 4.77. The number of hydrogen-bond acceptors (Lipinski definition) is 0. The summed E-state index contributed by atoms with van der Waals surface area (Å²) in [5.74, 6) is 1.00. The van der Waals surface area contributed by atoms with E-state index in [4.69, 9.17) is 0 Å². The van der Waals surface area contributed by atoms with Crippen molar-refractivity contribution in [3.8, 4) is 0 Å². The highest BCUT2D eigenvalue weighted by Crippen LogP contribution is 2.45. The van der Waals surface area contributed by atoms with E-state index in [1.807, 2.05) is 0 Å². The highest BCUT2D eigenvalue weighted by molar-refractivity contribution is 5.38. The SMILES string of the molecule is C=C(C)C1=C2CCC(C2)C1. The van der Waals surface area contributed by atoms with Crippen molar-refractivity contribution in [3.05, 3.63) is 23.3 Å². The molecule has 10 heavy (non-hydrogen) atoms. The fourth-order valence-corrected chi connectivity index (χ4v) is 2.29. The summed E-state index contributed by atoms with van der Waals surface area (Å²) in [6, 6.07) is 0. The van der Waals surface area contributed by atoms with Gasteiger partial charge in [0, 0.05) is 0 Å². The molecule has 2 aliphatic carbocycles. The van der Waals surface area contributed by atoms with Gasteiger partial charge in [0.25, 0.3) is 0 Å². The van der Waals surface area contributed by atoms with Crippen LogP contribution in [0.4, 0.5) is 0 Å². The second-order valence-corrected chi connectivity index (χ2v) is 3.68. The van der Waals surface area contributed by atoms with Crippen LogP contribution in [0, 0.1) is 5.92 Å². The number of hydrogen-bond donors (Lipinski definition) is 0. The van der Waals surface area contributed by atoms with Crippen LogP contribution in [0.2, 0.25) is 0 Å². The van der Waals surface area contributed by atoms with E-state index < -0.39 is 0 Å². The molecule has 0 aliphatic heterocycles. The quantitative estimate of drug-likeness (QED) is 0.517. The Morgan fingerprint density at radius 3 is 2.60 bits per heavy atom. The molecule has 1 saturated carbocycles. The minimum absolute atomic E-state index is 1.00. The van der Waals surface area contributed by atoms with Crippen molar-refractivity contribution in [1.82, 2.24) is 0 Å². The lowest BCUT2D eigenvalue weighted by molar-refractivity contribution is 0.565. The summed E-state index contributed by atoms with van der Waals surface area (Å²) in [4.78, 5) is 0. The van der Waals surface area contributed by atoms with Crippen molar-refractivity contribution in [2.75, 3.05) is 0 Å². The Bertz CT molecular complexity index is 208. The summed E-state index contributed by atoms with van der Waals surface area (Å²) in [7, 11) is 0. The fourth-order valence-electron chi connectivity index (χ4n) is 2.29. The van der Waals surface area contributed by atoms with E-state index in [0.717, 1.165) is 5.92 Å². The maximum absolute atomic E-state index is 4.00. The molecule has 2 bridgehead atoms. The van der Waals surface area contributed by atoms with Crippen LogP contribution in [0.15, 0.2) is 23.3 Å². The summed E-state index contributed by atoms with van der Waals surface area (Å²) in [5.41, 5.74) is 4.64. The van der Waals surface area contributed by atoms with Crippen LogP contribution in [0.5, 0.6) is 0 Å². The Balaban J connectivity index is 2.30. The summed E-state index contributed by atoms with van der Waals surface area (Å²) in [6.45, 7) is 6.14. The number of rotatable bonds is 1. The maximum Gasteiger partial charge on any atom is -0.0245 e. The Labute approximate surface area is 62.6 Å². The van der Waals surface area contributed by atoms with E-state index >= 15 is 0 Å². The topological polar surface area (TPSA) is 0 Å². The third-order valence-corrected chi connectivity index (χ3v) is 2.82. The molecule has 1 fully saturated rings. The molecule has 1 atom stereocenters. The minimum atomic E-state index is 1.00. The van der Waals surface area contributed by atoms with Crippen LogP contribution >= 0.6 is 0 Å². The zero-order chi connectivity index (χ0) is 7.14. The van der Waals surface area contributed by atoms with Crippen molar-refractivity contribution in [3.63, 3.8) is 0 Å². The van der Waals surface area contributed by atoms with E-state index in [-0.39, 0.29) is 0 Å². The van der Waals surface area contributed by atoms with Gasteiger partial charge in [0.2, 0.25) is 0 Å². The van der Waals surface area contributed by atoms with Gasteiger partial charge in [-0.2, -0.15) is 0 Å². The molecule has 2 rings (SSSR count). The van der Waals surface area contributed by atoms with E-state index in [2.05, 4.69) is 13.5 Å². The predicted molar refractivity (Wildman–Crippen MR) is 43.8 cm³/mol. The van der Waals surface area contributed by atoms with Crippen LogP contribution in [-0.2, 0) is 0 Å². The van der Waals surface area contributed by atoms with Gasteiger partial charge in [-0.1, -0.05) is 17.7 Å². The molecule has 2 aliphatic rings. The van der Waals surface area contributed by atoms with Crippen LogP contribution in [0.3, 0.4) is 0 Å². The molecule has 0 aromatic carbocycles.